The topological polar surface area (TPSA) is 69.7 Å². The van der Waals surface area contributed by atoms with Gasteiger partial charge in [0.25, 0.3) is 5.92 Å². The summed E-state index contributed by atoms with van der Waals surface area (Å²) in [5, 5.41) is 10.4. The molecule has 0 aromatic carbocycles. The van der Waals surface area contributed by atoms with Crippen LogP contribution in [0.25, 0.3) is 22.4 Å². The lowest BCUT2D eigenvalue weighted by molar-refractivity contribution is -0.0780. The predicted octanol–water partition coefficient (Wildman–Crippen LogP) is 3.47. The number of nitrogens with one attached hydrogen (secondary N) is 2. The first-order valence-corrected chi connectivity index (χ1v) is 9.20. The van der Waals surface area contributed by atoms with Crippen molar-refractivity contribution in [3.05, 3.63) is 36.3 Å². The van der Waals surface area contributed by atoms with Gasteiger partial charge in [-0.1, -0.05) is 13.8 Å². The van der Waals surface area contributed by atoms with E-state index in [9.17, 15) is 13.2 Å². The zero-order chi connectivity index (χ0) is 19.9. The van der Waals surface area contributed by atoms with Crippen molar-refractivity contribution in [2.24, 2.45) is 5.92 Å². The number of halogens is 3. The van der Waals surface area contributed by atoms with Crippen LogP contribution >= 0.6 is 0 Å². The molecule has 2 N–H and O–H groups in total. The minimum atomic E-state index is -2.85. The summed E-state index contributed by atoms with van der Waals surface area (Å²) in [4.78, 5) is 10.3. The van der Waals surface area contributed by atoms with Crippen molar-refractivity contribution in [2.75, 3.05) is 24.5 Å². The Morgan fingerprint density at radius 3 is 2.89 bits per heavy atom. The number of piperazine rings is 1. The van der Waals surface area contributed by atoms with E-state index in [2.05, 4.69) is 25.5 Å². The molecule has 0 bridgehead atoms. The van der Waals surface area contributed by atoms with Gasteiger partial charge in [0.1, 0.15) is 11.5 Å². The van der Waals surface area contributed by atoms with Gasteiger partial charge in [-0.05, 0) is 24.3 Å². The second-order valence-electron chi connectivity index (χ2n) is 7.26. The highest BCUT2D eigenvalue weighted by atomic mass is 19.3. The van der Waals surface area contributed by atoms with E-state index in [1.807, 2.05) is 0 Å². The van der Waals surface area contributed by atoms with Gasteiger partial charge in [-0.15, -0.1) is 0 Å². The van der Waals surface area contributed by atoms with Crippen LogP contribution in [0.15, 0.2) is 30.5 Å². The number of fused-ring (bicyclic) bond motifs is 1. The zero-order valence-corrected chi connectivity index (χ0v) is 15.6. The first-order chi connectivity index (χ1) is 13.4. The smallest absolute Gasteiger partial charge is 0.267 e. The third-order valence-corrected chi connectivity index (χ3v) is 5.13. The molecule has 0 saturated carbocycles. The summed E-state index contributed by atoms with van der Waals surface area (Å²) < 4.78 is 43.5. The minimum Gasteiger partial charge on any atom is -0.354 e. The highest BCUT2D eigenvalue weighted by Crippen LogP contribution is 2.32. The van der Waals surface area contributed by atoms with Crippen molar-refractivity contribution < 1.29 is 14.6 Å². The quantitative estimate of drug-likeness (QED) is 0.712. The molecule has 1 aliphatic heterocycles. The lowest BCUT2D eigenvalue weighted by Gasteiger charge is -2.39. The van der Waals surface area contributed by atoms with E-state index in [1.54, 1.807) is 23.2 Å². The van der Waals surface area contributed by atoms with Gasteiger partial charge in [-0.3, -0.25) is 5.10 Å². The van der Waals surface area contributed by atoms with Crippen LogP contribution in [0.5, 0.6) is 0 Å². The van der Waals surface area contributed by atoms with E-state index >= 15 is 0 Å². The fourth-order valence-electron chi connectivity index (χ4n) is 3.43. The number of pyridine rings is 2. The summed E-state index contributed by atoms with van der Waals surface area (Å²) in [6.45, 7) is 4.01. The van der Waals surface area contributed by atoms with Gasteiger partial charge < -0.3 is 10.2 Å². The maximum atomic E-state index is 14.5. The lowest BCUT2D eigenvalue weighted by Crippen LogP contribution is -2.60. The molecule has 0 aliphatic carbocycles. The van der Waals surface area contributed by atoms with Gasteiger partial charge >= 0.3 is 0 Å². The number of H-pyrrole nitrogens is 1. The first kappa shape index (κ1) is 18.7. The summed E-state index contributed by atoms with van der Waals surface area (Å²) in [6.07, 6.45) is 1.60. The van der Waals surface area contributed by atoms with E-state index in [1.165, 1.54) is 26.0 Å². The fourth-order valence-corrected chi connectivity index (χ4v) is 3.43. The monoisotopic (exact) mass is 392 g/mol. The van der Waals surface area contributed by atoms with Crippen molar-refractivity contribution >= 4 is 16.9 Å². The lowest BCUT2D eigenvalue weighted by atomic mass is 9.96. The number of hydrogen-bond donors (Lipinski definition) is 2. The predicted molar refractivity (Wildman–Crippen MR) is 103 cm³/mol. The molecule has 1 fully saturated rings. The fraction of sp³-hybridized carbons (Fsp3) is 0.421. The van der Waals surface area contributed by atoms with Crippen LogP contribution in [0.1, 0.15) is 15.3 Å². The van der Waals surface area contributed by atoms with Crippen molar-refractivity contribution in [3.8, 4) is 11.4 Å². The Labute approximate surface area is 161 Å². The van der Waals surface area contributed by atoms with Crippen LogP contribution in [0.2, 0.25) is 0 Å². The first-order valence-electron chi connectivity index (χ1n) is 9.20. The minimum absolute atomic E-state index is 0. The van der Waals surface area contributed by atoms with Crippen LogP contribution in [-0.2, 0) is 0 Å². The van der Waals surface area contributed by atoms with Gasteiger partial charge in [-0.25, -0.2) is 23.1 Å². The summed E-state index contributed by atoms with van der Waals surface area (Å²) in [5.41, 5.74) is 0.975. The molecule has 28 heavy (non-hydrogen) atoms. The molecule has 9 heteroatoms. The van der Waals surface area contributed by atoms with E-state index in [-0.39, 0.29) is 13.7 Å². The molecule has 3 aromatic rings. The zero-order valence-electron chi connectivity index (χ0n) is 15.6. The van der Waals surface area contributed by atoms with Crippen molar-refractivity contribution in [1.29, 1.82) is 0 Å². The summed E-state index contributed by atoms with van der Waals surface area (Å²) >= 11 is 0. The Morgan fingerprint density at radius 2 is 2.11 bits per heavy atom. The third kappa shape index (κ3) is 3.19. The number of alkyl halides is 2. The molecule has 150 valence electrons. The van der Waals surface area contributed by atoms with Gasteiger partial charge in [0.05, 0.1) is 11.7 Å². The Bertz CT molecular complexity index is 993. The molecule has 0 spiro atoms. The maximum Gasteiger partial charge on any atom is 0.267 e. The SMILES string of the molecule is CC(C)C(F)(F)C1CN(c2ccc(F)c(-c3[nH]nc4ncccc34)n2)CCN1.[HH]. The number of anilines is 1. The van der Waals surface area contributed by atoms with Gasteiger partial charge in [0.2, 0.25) is 0 Å². The summed E-state index contributed by atoms with van der Waals surface area (Å²) in [5.74, 6) is -3.70. The second kappa shape index (κ2) is 7.05. The molecule has 1 saturated heterocycles. The van der Waals surface area contributed by atoms with Gasteiger partial charge in [0.15, 0.2) is 11.5 Å². The molecule has 1 unspecified atom stereocenters. The van der Waals surface area contributed by atoms with E-state index < -0.39 is 23.7 Å². The number of nitrogens with zero attached hydrogens (tertiary/aromatic N) is 4. The van der Waals surface area contributed by atoms with Crippen LogP contribution in [0, 0.1) is 11.7 Å². The second-order valence-corrected chi connectivity index (χ2v) is 7.26. The average molecular weight is 392 g/mol. The summed E-state index contributed by atoms with van der Waals surface area (Å²) in [6, 6.07) is 5.34. The van der Waals surface area contributed by atoms with Crippen LogP contribution in [-0.4, -0.2) is 51.8 Å². The Morgan fingerprint density at radius 1 is 1.29 bits per heavy atom. The normalized spacial score (nSPS) is 18.2. The van der Waals surface area contributed by atoms with Crippen LogP contribution in [0.3, 0.4) is 0 Å². The summed E-state index contributed by atoms with van der Waals surface area (Å²) in [7, 11) is 0. The van der Waals surface area contributed by atoms with Crippen molar-refractivity contribution in [3.63, 3.8) is 0 Å². The highest BCUT2D eigenvalue weighted by Gasteiger charge is 2.44. The highest BCUT2D eigenvalue weighted by molar-refractivity contribution is 5.89. The number of aromatic nitrogens is 4. The number of aromatic amines is 1. The Hall–Kier alpha value is -2.68. The molecule has 1 aliphatic rings. The van der Waals surface area contributed by atoms with Crippen LogP contribution in [0.4, 0.5) is 19.0 Å². The van der Waals surface area contributed by atoms with E-state index in [0.717, 1.165) is 0 Å². The third-order valence-electron chi connectivity index (χ3n) is 5.13. The molecule has 0 amide bonds. The Kier molecular flexibility index (Phi) is 4.70. The molecule has 4 rings (SSSR count). The number of hydrogen-bond acceptors (Lipinski definition) is 5. The standard InChI is InChI=1S/C19H21F3N6.H2/c1-11(2)19(21,22)14-10-28(9-8-23-14)15-6-5-13(20)17(25-15)16-12-4-3-7-24-18(12)27-26-16;/h3-7,11,14,23H,8-10H2,1-2H3,(H,24,26,27);1H. The molecule has 1 atom stereocenters. The largest absolute Gasteiger partial charge is 0.354 e. The molecular formula is C19H23F3N6. The van der Waals surface area contributed by atoms with E-state index in [4.69, 9.17) is 0 Å². The molecule has 4 heterocycles. The maximum absolute atomic E-state index is 14.5. The van der Waals surface area contributed by atoms with Crippen molar-refractivity contribution in [2.45, 2.75) is 25.8 Å². The molecular weight excluding hydrogens is 369 g/mol. The Balaban J connectivity index is 0.00000240. The van der Waals surface area contributed by atoms with Crippen molar-refractivity contribution in [1.82, 2.24) is 25.5 Å². The average Bonchev–Trinajstić information content (AvgIpc) is 3.12. The van der Waals surface area contributed by atoms with Gasteiger partial charge in [-0.2, -0.15) is 5.10 Å². The number of rotatable bonds is 4. The molecule has 3 aromatic heterocycles. The van der Waals surface area contributed by atoms with E-state index in [0.29, 0.717) is 35.6 Å². The molecule has 6 nitrogen and oxygen atoms in total. The molecule has 0 radical (unpaired) electrons. The van der Waals surface area contributed by atoms with Crippen LogP contribution < -0.4 is 10.2 Å². The van der Waals surface area contributed by atoms with Gasteiger partial charge in [0, 0.05) is 38.6 Å².